The Bertz CT molecular complexity index is 1320. The third-order valence-electron chi connectivity index (χ3n) is 4.99. The Morgan fingerprint density at radius 2 is 1.45 bits per heavy atom. The van der Waals surface area contributed by atoms with Gasteiger partial charge in [0.2, 0.25) is 10.0 Å². The van der Waals surface area contributed by atoms with E-state index in [2.05, 4.69) is 5.32 Å². The van der Waals surface area contributed by atoms with Crippen LogP contribution in [0.15, 0.2) is 97.1 Å². The van der Waals surface area contributed by atoms with Crippen molar-refractivity contribution in [1.82, 2.24) is 0 Å². The van der Waals surface area contributed by atoms with Gasteiger partial charge in [0.25, 0.3) is 5.91 Å². The number of benzene rings is 4. The predicted octanol–water partition coefficient (Wildman–Crippen LogP) is 5.06. The molecule has 1 amide bonds. The molecule has 4 aromatic carbocycles. The number of hydrogen-bond acceptors (Lipinski definition) is 3. The smallest absolute Gasteiger partial charge is 0.255 e. The second kappa shape index (κ2) is 8.62. The van der Waals surface area contributed by atoms with E-state index in [0.717, 1.165) is 22.0 Å². The minimum absolute atomic E-state index is 0.190. The average molecular weight is 431 g/mol. The van der Waals surface area contributed by atoms with Crippen LogP contribution in [0.3, 0.4) is 0 Å². The van der Waals surface area contributed by atoms with Crippen molar-refractivity contribution in [2.45, 2.75) is 6.54 Å². The number of nitrogens with one attached hydrogen (secondary N) is 1. The van der Waals surface area contributed by atoms with Crippen LogP contribution in [-0.2, 0) is 16.6 Å². The molecule has 4 aromatic rings. The molecule has 156 valence electrons. The normalized spacial score (nSPS) is 11.3. The monoisotopic (exact) mass is 430 g/mol. The number of fused-ring (bicyclic) bond motifs is 1. The van der Waals surface area contributed by atoms with Crippen molar-refractivity contribution < 1.29 is 13.2 Å². The van der Waals surface area contributed by atoms with Gasteiger partial charge in [-0.25, -0.2) is 8.42 Å². The second-order valence-corrected chi connectivity index (χ2v) is 9.22. The van der Waals surface area contributed by atoms with Crippen molar-refractivity contribution in [3.63, 3.8) is 0 Å². The van der Waals surface area contributed by atoms with Crippen molar-refractivity contribution in [3.05, 3.63) is 108 Å². The summed E-state index contributed by atoms with van der Waals surface area (Å²) in [7, 11) is -3.45. The van der Waals surface area contributed by atoms with Crippen LogP contribution in [0.25, 0.3) is 10.8 Å². The summed E-state index contributed by atoms with van der Waals surface area (Å²) in [5.74, 6) is -0.218. The minimum Gasteiger partial charge on any atom is -0.322 e. The second-order valence-electron chi connectivity index (χ2n) is 7.32. The molecule has 0 bridgehead atoms. The van der Waals surface area contributed by atoms with Gasteiger partial charge >= 0.3 is 0 Å². The van der Waals surface area contributed by atoms with Gasteiger partial charge in [-0.2, -0.15) is 0 Å². The number of anilines is 2. The molecule has 0 spiro atoms. The van der Waals surface area contributed by atoms with E-state index in [0.29, 0.717) is 11.3 Å². The van der Waals surface area contributed by atoms with Crippen molar-refractivity contribution in [1.29, 1.82) is 0 Å². The number of para-hydroxylation sites is 1. The summed E-state index contributed by atoms with van der Waals surface area (Å²) in [5.41, 5.74) is 2.61. The average Bonchev–Trinajstić information content (AvgIpc) is 2.77. The largest absolute Gasteiger partial charge is 0.322 e. The highest BCUT2D eigenvalue weighted by Crippen LogP contribution is 2.22. The van der Waals surface area contributed by atoms with Gasteiger partial charge in [0.15, 0.2) is 0 Å². The third kappa shape index (κ3) is 4.92. The van der Waals surface area contributed by atoms with Crippen molar-refractivity contribution in [3.8, 4) is 0 Å². The highest BCUT2D eigenvalue weighted by molar-refractivity contribution is 7.92. The van der Waals surface area contributed by atoms with E-state index < -0.39 is 10.0 Å². The van der Waals surface area contributed by atoms with Gasteiger partial charge in [-0.15, -0.1) is 0 Å². The van der Waals surface area contributed by atoms with Gasteiger partial charge in [0, 0.05) is 11.3 Å². The molecule has 1 N–H and O–H groups in total. The Kier molecular flexibility index (Phi) is 5.73. The van der Waals surface area contributed by atoms with Crippen molar-refractivity contribution in [2.75, 3.05) is 15.9 Å². The molecule has 0 saturated carbocycles. The zero-order valence-electron chi connectivity index (χ0n) is 17.0. The van der Waals surface area contributed by atoms with Gasteiger partial charge in [-0.3, -0.25) is 9.10 Å². The summed E-state index contributed by atoms with van der Waals surface area (Å²) in [6.45, 7) is 0.190. The van der Waals surface area contributed by atoms with E-state index in [1.54, 1.807) is 48.5 Å². The van der Waals surface area contributed by atoms with Gasteiger partial charge in [0.1, 0.15) is 0 Å². The summed E-state index contributed by atoms with van der Waals surface area (Å²) in [4.78, 5) is 12.6. The molecule has 0 fully saturated rings. The summed E-state index contributed by atoms with van der Waals surface area (Å²) in [6.07, 6.45) is 1.19. The van der Waals surface area contributed by atoms with Crippen LogP contribution in [0.2, 0.25) is 0 Å². The predicted molar refractivity (Wildman–Crippen MR) is 126 cm³/mol. The Balaban J connectivity index is 1.49. The van der Waals surface area contributed by atoms with Crippen LogP contribution in [0.4, 0.5) is 11.4 Å². The van der Waals surface area contributed by atoms with Gasteiger partial charge in [0.05, 0.1) is 18.5 Å². The lowest BCUT2D eigenvalue weighted by molar-refractivity contribution is 0.102. The first-order valence-electron chi connectivity index (χ1n) is 9.82. The van der Waals surface area contributed by atoms with Gasteiger partial charge < -0.3 is 5.32 Å². The Labute approximate surface area is 182 Å². The molecule has 31 heavy (non-hydrogen) atoms. The Morgan fingerprint density at radius 1 is 0.806 bits per heavy atom. The van der Waals surface area contributed by atoms with E-state index in [4.69, 9.17) is 0 Å². The van der Waals surface area contributed by atoms with Crippen LogP contribution in [0.1, 0.15) is 15.9 Å². The lowest BCUT2D eigenvalue weighted by atomic mass is 10.1. The van der Waals surface area contributed by atoms with Crippen LogP contribution in [0.5, 0.6) is 0 Å². The number of rotatable bonds is 6. The summed E-state index contributed by atoms with van der Waals surface area (Å²) in [5, 5.41) is 5.08. The third-order valence-corrected chi connectivity index (χ3v) is 6.13. The number of carbonyl (C=O) groups is 1. The molecule has 0 unspecified atom stereocenters. The van der Waals surface area contributed by atoms with E-state index in [1.165, 1.54) is 10.6 Å². The molecule has 0 saturated heterocycles. The molecule has 0 heterocycles. The molecule has 0 aliphatic heterocycles. The number of amides is 1. The topological polar surface area (TPSA) is 66.5 Å². The molecule has 5 nitrogen and oxygen atoms in total. The number of nitrogens with zero attached hydrogens (tertiary/aromatic N) is 1. The molecule has 0 radical (unpaired) electrons. The zero-order valence-corrected chi connectivity index (χ0v) is 17.8. The number of sulfonamides is 1. The summed E-state index contributed by atoms with van der Waals surface area (Å²) >= 11 is 0. The molecule has 4 rings (SSSR count). The maximum Gasteiger partial charge on any atom is 0.255 e. The molecular formula is C25H22N2O3S. The van der Waals surface area contributed by atoms with E-state index >= 15 is 0 Å². The fourth-order valence-electron chi connectivity index (χ4n) is 3.39. The van der Waals surface area contributed by atoms with Crippen LogP contribution in [-0.4, -0.2) is 20.6 Å². The zero-order chi connectivity index (χ0) is 21.8. The number of hydrogen-bond donors (Lipinski definition) is 1. The standard InChI is InChI=1S/C25H22N2O3S/c1-31(29,30)27(24-9-3-2-4-10-24)18-19-11-13-21(14-12-19)25(28)26-23-16-15-20-7-5-6-8-22(20)17-23/h2-17H,18H2,1H3,(H,26,28). The Morgan fingerprint density at radius 3 is 2.13 bits per heavy atom. The molecule has 0 aliphatic rings. The molecule has 0 aromatic heterocycles. The summed E-state index contributed by atoms with van der Waals surface area (Å²) < 4.78 is 25.9. The van der Waals surface area contributed by atoms with Crippen molar-refractivity contribution >= 4 is 38.1 Å². The first kappa shape index (κ1) is 20.6. The van der Waals surface area contributed by atoms with Gasteiger partial charge in [-0.1, -0.05) is 60.7 Å². The molecule has 6 heteroatoms. The van der Waals surface area contributed by atoms with E-state index in [-0.39, 0.29) is 12.5 Å². The van der Waals surface area contributed by atoms with Gasteiger partial charge in [-0.05, 0) is 52.7 Å². The first-order chi connectivity index (χ1) is 14.9. The highest BCUT2D eigenvalue weighted by Gasteiger charge is 2.18. The number of carbonyl (C=O) groups excluding carboxylic acids is 1. The fourth-order valence-corrected chi connectivity index (χ4v) is 4.28. The molecule has 0 aliphatic carbocycles. The maximum absolute atomic E-state index is 12.6. The van der Waals surface area contributed by atoms with Crippen LogP contribution in [0, 0.1) is 0 Å². The molecule has 0 atom stereocenters. The first-order valence-corrected chi connectivity index (χ1v) is 11.7. The van der Waals surface area contributed by atoms with Crippen LogP contribution < -0.4 is 9.62 Å². The highest BCUT2D eigenvalue weighted by atomic mass is 32.2. The van der Waals surface area contributed by atoms with Crippen molar-refractivity contribution in [2.24, 2.45) is 0 Å². The Hall–Kier alpha value is -3.64. The lowest BCUT2D eigenvalue weighted by Crippen LogP contribution is -2.29. The van der Waals surface area contributed by atoms with Crippen LogP contribution >= 0.6 is 0 Å². The SMILES string of the molecule is CS(=O)(=O)N(Cc1ccc(C(=O)Nc2ccc3ccccc3c2)cc1)c1ccccc1. The maximum atomic E-state index is 12.6. The quantitative estimate of drug-likeness (QED) is 0.465. The minimum atomic E-state index is -3.45. The van der Waals surface area contributed by atoms with E-state index in [1.807, 2.05) is 48.5 Å². The summed E-state index contributed by atoms with van der Waals surface area (Å²) in [6, 6.07) is 29.7. The molecular weight excluding hydrogens is 408 g/mol. The lowest BCUT2D eigenvalue weighted by Gasteiger charge is -2.22. The fraction of sp³-hybridized carbons (Fsp3) is 0.0800. The van der Waals surface area contributed by atoms with E-state index in [9.17, 15) is 13.2 Å².